The zero-order valence-electron chi connectivity index (χ0n) is 13.1. The first-order valence-electron chi connectivity index (χ1n) is 7.27. The van der Waals surface area contributed by atoms with Crippen LogP contribution in [0.5, 0.6) is 5.75 Å². The molecule has 1 amide bonds. The van der Waals surface area contributed by atoms with Gasteiger partial charge in [0.05, 0.1) is 24.2 Å². The molecule has 1 heterocycles. The van der Waals surface area contributed by atoms with Crippen LogP contribution in [0, 0.1) is 0 Å². The smallest absolute Gasteiger partial charge is 0.253 e. The summed E-state index contributed by atoms with van der Waals surface area (Å²) in [6, 6.07) is 11.9. The molecule has 0 spiro atoms. The highest BCUT2D eigenvalue weighted by atomic mass is 35.5. The Hall–Kier alpha value is -2.57. The van der Waals surface area contributed by atoms with Crippen LogP contribution in [0.25, 0.3) is 11.5 Å². The van der Waals surface area contributed by atoms with Gasteiger partial charge < -0.3 is 14.5 Å². The van der Waals surface area contributed by atoms with E-state index in [1.807, 2.05) is 12.1 Å². The molecule has 0 saturated carbocycles. The van der Waals surface area contributed by atoms with Crippen LogP contribution >= 0.6 is 23.2 Å². The van der Waals surface area contributed by atoms with E-state index in [1.54, 1.807) is 31.4 Å². The lowest BCUT2D eigenvalue weighted by Gasteiger charge is -2.05. The number of ether oxygens (including phenoxy) is 1. The summed E-state index contributed by atoms with van der Waals surface area (Å²) in [4.78, 5) is 12.2. The molecule has 128 valence electrons. The second-order valence-corrected chi connectivity index (χ2v) is 5.88. The Morgan fingerprint density at radius 1 is 1.16 bits per heavy atom. The second kappa shape index (κ2) is 7.55. The van der Waals surface area contributed by atoms with Crippen LogP contribution in [0.2, 0.25) is 10.0 Å². The molecule has 1 aromatic heterocycles. The monoisotopic (exact) mass is 377 g/mol. The van der Waals surface area contributed by atoms with Gasteiger partial charge in [0, 0.05) is 10.6 Å². The summed E-state index contributed by atoms with van der Waals surface area (Å²) in [5.74, 6) is 1.02. The molecule has 6 nitrogen and oxygen atoms in total. The van der Waals surface area contributed by atoms with Crippen LogP contribution in [0.15, 0.2) is 46.9 Å². The van der Waals surface area contributed by atoms with Gasteiger partial charge in [0.15, 0.2) is 0 Å². The number of carbonyl (C=O) groups excluding carboxylic acids is 1. The van der Waals surface area contributed by atoms with Gasteiger partial charge in [-0.25, -0.2) is 0 Å². The first-order chi connectivity index (χ1) is 12.1. The maximum absolute atomic E-state index is 12.2. The molecule has 0 bridgehead atoms. The van der Waals surface area contributed by atoms with Gasteiger partial charge >= 0.3 is 0 Å². The number of nitrogens with zero attached hydrogens (tertiary/aromatic N) is 2. The standard InChI is InChI=1S/C17H13Cl2N3O3/c1-24-12-5-2-10(3-6-12)17-22-21-15(25-17)9-20-16(23)13-7-4-11(18)8-14(13)19/h2-8H,9H2,1H3,(H,20,23). The Bertz CT molecular complexity index is 894. The molecule has 0 aliphatic heterocycles. The number of halogens is 2. The Kier molecular flexibility index (Phi) is 5.21. The average Bonchev–Trinajstić information content (AvgIpc) is 3.09. The second-order valence-electron chi connectivity index (χ2n) is 5.04. The molecule has 0 aliphatic carbocycles. The summed E-state index contributed by atoms with van der Waals surface area (Å²) in [5, 5.41) is 11.3. The van der Waals surface area contributed by atoms with Gasteiger partial charge in [0.2, 0.25) is 11.8 Å². The first-order valence-corrected chi connectivity index (χ1v) is 8.02. The van der Waals surface area contributed by atoms with E-state index in [0.29, 0.717) is 16.5 Å². The van der Waals surface area contributed by atoms with E-state index >= 15 is 0 Å². The van der Waals surface area contributed by atoms with Gasteiger partial charge in [-0.15, -0.1) is 10.2 Å². The minimum atomic E-state index is -0.356. The molecule has 0 saturated heterocycles. The lowest BCUT2D eigenvalue weighted by atomic mass is 10.2. The number of aromatic nitrogens is 2. The van der Waals surface area contributed by atoms with Crippen molar-refractivity contribution in [2.75, 3.05) is 7.11 Å². The van der Waals surface area contributed by atoms with E-state index < -0.39 is 0 Å². The highest BCUT2D eigenvalue weighted by Gasteiger charge is 2.13. The van der Waals surface area contributed by atoms with E-state index in [1.165, 1.54) is 6.07 Å². The van der Waals surface area contributed by atoms with Crippen LogP contribution in [-0.2, 0) is 6.54 Å². The van der Waals surface area contributed by atoms with Crippen molar-refractivity contribution in [3.63, 3.8) is 0 Å². The van der Waals surface area contributed by atoms with E-state index in [9.17, 15) is 4.79 Å². The van der Waals surface area contributed by atoms with E-state index in [0.717, 1.165) is 11.3 Å². The average molecular weight is 378 g/mol. The number of methoxy groups -OCH3 is 1. The van der Waals surface area contributed by atoms with Gasteiger partial charge in [-0.3, -0.25) is 4.79 Å². The minimum absolute atomic E-state index is 0.0843. The highest BCUT2D eigenvalue weighted by Crippen LogP contribution is 2.22. The van der Waals surface area contributed by atoms with Gasteiger partial charge in [0.25, 0.3) is 5.91 Å². The van der Waals surface area contributed by atoms with Crippen molar-refractivity contribution in [1.82, 2.24) is 15.5 Å². The number of carbonyl (C=O) groups is 1. The van der Waals surface area contributed by atoms with Crippen LogP contribution in [0.4, 0.5) is 0 Å². The fourth-order valence-electron chi connectivity index (χ4n) is 2.10. The Balaban J connectivity index is 1.66. The lowest BCUT2D eigenvalue weighted by Crippen LogP contribution is -2.23. The number of nitrogens with one attached hydrogen (secondary N) is 1. The maximum atomic E-state index is 12.2. The Morgan fingerprint density at radius 2 is 1.92 bits per heavy atom. The lowest BCUT2D eigenvalue weighted by molar-refractivity contribution is 0.0947. The van der Waals surface area contributed by atoms with Gasteiger partial charge in [-0.2, -0.15) is 0 Å². The molecular weight excluding hydrogens is 365 g/mol. The summed E-state index contributed by atoms with van der Waals surface area (Å²) in [6.45, 7) is 0.0843. The fourth-order valence-corrected chi connectivity index (χ4v) is 2.59. The minimum Gasteiger partial charge on any atom is -0.497 e. The number of hydrogen-bond donors (Lipinski definition) is 1. The Labute approximate surface area is 153 Å². The van der Waals surface area contributed by atoms with Gasteiger partial charge in [-0.05, 0) is 42.5 Å². The summed E-state index contributed by atoms with van der Waals surface area (Å²) in [6.07, 6.45) is 0. The summed E-state index contributed by atoms with van der Waals surface area (Å²) < 4.78 is 10.6. The summed E-state index contributed by atoms with van der Waals surface area (Å²) in [7, 11) is 1.59. The maximum Gasteiger partial charge on any atom is 0.253 e. The van der Waals surface area contributed by atoms with Crippen molar-refractivity contribution in [2.24, 2.45) is 0 Å². The molecular formula is C17H13Cl2N3O3. The fraction of sp³-hybridized carbons (Fsp3) is 0.118. The Morgan fingerprint density at radius 3 is 2.60 bits per heavy atom. The topological polar surface area (TPSA) is 77.3 Å². The van der Waals surface area contributed by atoms with Crippen LogP contribution in [-0.4, -0.2) is 23.2 Å². The predicted octanol–water partition coefficient (Wildman–Crippen LogP) is 3.98. The van der Waals surface area contributed by atoms with Crippen LogP contribution in [0.1, 0.15) is 16.2 Å². The number of amides is 1. The SMILES string of the molecule is COc1ccc(-c2nnc(CNC(=O)c3ccc(Cl)cc3Cl)o2)cc1. The number of hydrogen-bond acceptors (Lipinski definition) is 5. The third kappa shape index (κ3) is 4.10. The van der Waals surface area contributed by atoms with Crippen LogP contribution < -0.4 is 10.1 Å². The molecule has 3 aromatic rings. The zero-order valence-corrected chi connectivity index (χ0v) is 14.6. The number of rotatable bonds is 5. The van der Waals surface area contributed by atoms with E-state index in [2.05, 4.69) is 15.5 Å². The molecule has 0 atom stereocenters. The van der Waals surface area contributed by atoms with Crippen molar-refractivity contribution in [3.05, 3.63) is 64.0 Å². The molecule has 0 aliphatic rings. The molecule has 0 fully saturated rings. The largest absolute Gasteiger partial charge is 0.497 e. The third-order valence-corrected chi connectivity index (χ3v) is 3.93. The van der Waals surface area contributed by atoms with E-state index in [-0.39, 0.29) is 23.4 Å². The van der Waals surface area contributed by atoms with Crippen LogP contribution in [0.3, 0.4) is 0 Å². The molecule has 2 aromatic carbocycles. The normalized spacial score (nSPS) is 10.5. The van der Waals surface area contributed by atoms with Gasteiger partial charge in [0.1, 0.15) is 5.75 Å². The molecule has 1 N–H and O–H groups in total. The molecule has 3 rings (SSSR count). The van der Waals surface area contributed by atoms with Crippen molar-refractivity contribution in [3.8, 4) is 17.2 Å². The summed E-state index contributed by atoms with van der Waals surface area (Å²) in [5.41, 5.74) is 1.08. The highest BCUT2D eigenvalue weighted by molar-refractivity contribution is 6.36. The molecule has 8 heteroatoms. The first kappa shape index (κ1) is 17.3. The van der Waals surface area contributed by atoms with Crippen molar-refractivity contribution >= 4 is 29.1 Å². The number of benzene rings is 2. The molecule has 0 unspecified atom stereocenters. The third-order valence-electron chi connectivity index (χ3n) is 3.38. The van der Waals surface area contributed by atoms with Crippen molar-refractivity contribution in [1.29, 1.82) is 0 Å². The summed E-state index contributed by atoms with van der Waals surface area (Å²) >= 11 is 11.8. The van der Waals surface area contributed by atoms with Crippen molar-refractivity contribution in [2.45, 2.75) is 6.54 Å². The molecule has 25 heavy (non-hydrogen) atoms. The quantitative estimate of drug-likeness (QED) is 0.727. The zero-order chi connectivity index (χ0) is 17.8. The van der Waals surface area contributed by atoms with E-state index in [4.69, 9.17) is 32.4 Å². The van der Waals surface area contributed by atoms with Gasteiger partial charge in [-0.1, -0.05) is 23.2 Å². The van der Waals surface area contributed by atoms with Crippen molar-refractivity contribution < 1.29 is 13.9 Å². The predicted molar refractivity (Wildman–Crippen MR) is 93.9 cm³/mol. The molecule has 0 radical (unpaired) electrons.